The second-order valence-corrected chi connectivity index (χ2v) is 3.45. The van der Waals surface area contributed by atoms with Gasteiger partial charge in [-0.05, 0) is 24.8 Å². The average molecular weight is 206 g/mol. The molecule has 0 aromatic heterocycles. The third-order valence-corrected chi connectivity index (χ3v) is 2.17. The van der Waals surface area contributed by atoms with Crippen molar-refractivity contribution >= 4 is 0 Å². The molecule has 1 aromatic carbocycles. The maximum Gasteiger partial charge on any atom is 0.154 e. The normalized spacial score (nSPS) is 12.3. The number of benzene rings is 1. The average Bonchev–Trinajstić information content (AvgIpc) is 2.28. The number of ether oxygens (including phenoxy) is 1. The maximum absolute atomic E-state index is 9.39. The molecule has 1 atom stereocenters. The zero-order valence-electron chi connectivity index (χ0n) is 8.93. The molecule has 0 spiro atoms. The molecular weight excluding hydrogens is 188 g/mol. The quantitative estimate of drug-likeness (QED) is 0.548. The van der Waals surface area contributed by atoms with Gasteiger partial charge in [0.05, 0.1) is 6.61 Å². The highest BCUT2D eigenvalue weighted by Crippen LogP contribution is 2.07. The molecule has 1 aromatic rings. The van der Waals surface area contributed by atoms with Crippen LogP contribution in [0.1, 0.15) is 18.4 Å². The van der Waals surface area contributed by atoms with E-state index in [4.69, 9.17) is 4.74 Å². The predicted molar refractivity (Wildman–Crippen MR) is 61.5 cm³/mol. The van der Waals surface area contributed by atoms with Crippen molar-refractivity contribution in [3.8, 4) is 0 Å². The Morgan fingerprint density at radius 1 is 1.33 bits per heavy atom. The van der Waals surface area contributed by atoms with Gasteiger partial charge in [0.25, 0.3) is 0 Å². The van der Waals surface area contributed by atoms with E-state index < -0.39 is 6.29 Å². The number of aliphatic hydroxyl groups excluding tert-OH is 1. The number of hydrogen-bond donors (Lipinski definition) is 1. The third-order valence-electron chi connectivity index (χ3n) is 2.17. The zero-order valence-corrected chi connectivity index (χ0v) is 8.93. The van der Waals surface area contributed by atoms with Crippen LogP contribution in [0.15, 0.2) is 43.0 Å². The molecule has 0 aliphatic carbocycles. The molecule has 0 radical (unpaired) electrons. The number of aryl methyl sites for hydroxylation is 1. The Morgan fingerprint density at radius 2 is 2.07 bits per heavy atom. The summed E-state index contributed by atoms with van der Waals surface area (Å²) >= 11 is 0. The minimum Gasteiger partial charge on any atom is -0.368 e. The highest BCUT2D eigenvalue weighted by atomic mass is 16.6. The van der Waals surface area contributed by atoms with E-state index in [2.05, 4.69) is 18.7 Å². The van der Waals surface area contributed by atoms with E-state index in [1.165, 1.54) is 5.56 Å². The first kappa shape index (κ1) is 12.0. The van der Waals surface area contributed by atoms with Crippen LogP contribution in [-0.2, 0) is 11.2 Å². The molecule has 0 fully saturated rings. The van der Waals surface area contributed by atoms with Gasteiger partial charge in [0.2, 0.25) is 0 Å². The number of hydrogen-bond acceptors (Lipinski definition) is 2. The fourth-order valence-electron chi connectivity index (χ4n) is 1.39. The Bertz CT molecular complexity index is 269. The summed E-state index contributed by atoms with van der Waals surface area (Å²) in [7, 11) is 0. The van der Waals surface area contributed by atoms with Gasteiger partial charge >= 0.3 is 0 Å². The summed E-state index contributed by atoms with van der Waals surface area (Å²) in [5, 5.41) is 9.39. The van der Waals surface area contributed by atoms with Gasteiger partial charge in [0.15, 0.2) is 6.29 Å². The number of aliphatic hydroxyl groups is 1. The molecule has 2 heteroatoms. The van der Waals surface area contributed by atoms with E-state index in [-0.39, 0.29) is 0 Å². The molecule has 1 N–H and O–H groups in total. The summed E-state index contributed by atoms with van der Waals surface area (Å²) < 4.78 is 5.07. The van der Waals surface area contributed by atoms with Crippen LogP contribution in [0.3, 0.4) is 0 Å². The Morgan fingerprint density at radius 3 is 2.73 bits per heavy atom. The van der Waals surface area contributed by atoms with Crippen LogP contribution in [0.25, 0.3) is 0 Å². The van der Waals surface area contributed by atoms with Crippen LogP contribution in [-0.4, -0.2) is 18.0 Å². The van der Waals surface area contributed by atoms with Crippen LogP contribution < -0.4 is 0 Å². The summed E-state index contributed by atoms with van der Waals surface area (Å²) in [6.45, 7) is 3.93. The SMILES string of the molecule is C=CCOC(O)CCCc1ccccc1. The summed E-state index contributed by atoms with van der Waals surface area (Å²) in [6.07, 6.45) is 3.56. The lowest BCUT2D eigenvalue weighted by atomic mass is 10.1. The van der Waals surface area contributed by atoms with Gasteiger partial charge < -0.3 is 9.84 Å². The Balaban J connectivity index is 2.13. The highest BCUT2D eigenvalue weighted by molar-refractivity contribution is 5.14. The first-order valence-corrected chi connectivity index (χ1v) is 5.27. The van der Waals surface area contributed by atoms with Crippen molar-refractivity contribution < 1.29 is 9.84 Å². The van der Waals surface area contributed by atoms with Crippen LogP contribution in [0, 0.1) is 0 Å². The monoisotopic (exact) mass is 206 g/mol. The second-order valence-electron chi connectivity index (χ2n) is 3.45. The molecule has 1 unspecified atom stereocenters. The van der Waals surface area contributed by atoms with Crippen LogP contribution in [0.2, 0.25) is 0 Å². The van der Waals surface area contributed by atoms with Gasteiger partial charge in [-0.3, -0.25) is 0 Å². The summed E-state index contributed by atoms with van der Waals surface area (Å²) in [6, 6.07) is 10.2. The molecule has 0 saturated carbocycles. The molecule has 15 heavy (non-hydrogen) atoms. The van der Waals surface area contributed by atoms with Gasteiger partial charge in [0.1, 0.15) is 0 Å². The lowest BCUT2D eigenvalue weighted by Gasteiger charge is -2.09. The predicted octanol–water partition coefficient (Wildman–Crippen LogP) is 2.53. The Kier molecular flexibility index (Phi) is 5.74. The molecule has 0 amide bonds. The minimum absolute atomic E-state index is 0.409. The van der Waals surface area contributed by atoms with Gasteiger partial charge in [-0.25, -0.2) is 0 Å². The van der Waals surface area contributed by atoms with Crippen molar-refractivity contribution in [1.82, 2.24) is 0 Å². The van der Waals surface area contributed by atoms with E-state index in [0.717, 1.165) is 12.8 Å². The van der Waals surface area contributed by atoms with Crippen molar-refractivity contribution in [3.05, 3.63) is 48.6 Å². The van der Waals surface area contributed by atoms with Gasteiger partial charge in [0, 0.05) is 0 Å². The lowest BCUT2D eigenvalue weighted by molar-refractivity contribution is -0.0934. The summed E-state index contributed by atoms with van der Waals surface area (Å²) in [4.78, 5) is 0. The molecule has 0 aliphatic heterocycles. The molecule has 1 rings (SSSR count). The molecular formula is C13H18O2. The third kappa shape index (κ3) is 5.35. The molecule has 0 aliphatic rings. The highest BCUT2D eigenvalue weighted by Gasteiger charge is 2.02. The summed E-state index contributed by atoms with van der Waals surface area (Å²) in [5.74, 6) is 0. The van der Waals surface area contributed by atoms with E-state index in [1.54, 1.807) is 6.08 Å². The van der Waals surface area contributed by atoms with Crippen LogP contribution in [0.4, 0.5) is 0 Å². The number of rotatable bonds is 7. The van der Waals surface area contributed by atoms with E-state index in [9.17, 15) is 5.11 Å². The van der Waals surface area contributed by atoms with Crippen molar-refractivity contribution in [2.24, 2.45) is 0 Å². The second kappa shape index (κ2) is 7.21. The Labute approximate surface area is 91.2 Å². The van der Waals surface area contributed by atoms with Crippen molar-refractivity contribution in [2.45, 2.75) is 25.6 Å². The van der Waals surface area contributed by atoms with Crippen molar-refractivity contribution in [2.75, 3.05) is 6.61 Å². The summed E-state index contributed by atoms with van der Waals surface area (Å²) in [5.41, 5.74) is 1.30. The van der Waals surface area contributed by atoms with Crippen LogP contribution in [0.5, 0.6) is 0 Å². The van der Waals surface area contributed by atoms with E-state index in [0.29, 0.717) is 13.0 Å². The van der Waals surface area contributed by atoms with Crippen LogP contribution >= 0.6 is 0 Å². The van der Waals surface area contributed by atoms with Gasteiger partial charge in [-0.2, -0.15) is 0 Å². The minimum atomic E-state index is -0.660. The Hall–Kier alpha value is -1.12. The fraction of sp³-hybridized carbons (Fsp3) is 0.385. The fourth-order valence-corrected chi connectivity index (χ4v) is 1.39. The lowest BCUT2D eigenvalue weighted by Crippen LogP contribution is -2.11. The first-order valence-electron chi connectivity index (χ1n) is 5.27. The standard InChI is InChI=1S/C13H18O2/c1-2-11-15-13(14)10-6-9-12-7-4-3-5-8-12/h2-5,7-8,13-14H,1,6,9-11H2. The molecule has 0 heterocycles. The van der Waals surface area contributed by atoms with E-state index >= 15 is 0 Å². The van der Waals surface area contributed by atoms with Gasteiger partial charge in [-0.15, -0.1) is 6.58 Å². The molecule has 0 saturated heterocycles. The van der Waals surface area contributed by atoms with Gasteiger partial charge in [-0.1, -0.05) is 36.4 Å². The smallest absolute Gasteiger partial charge is 0.154 e. The zero-order chi connectivity index (χ0) is 10.9. The molecule has 2 nitrogen and oxygen atoms in total. The first-order chi connectivity index (χ1) is 7.33. The molecule has 0 bridgehead atoms. The van der Waals surface area contributed by atoms with Crippen molar-refractivity contribution in [1.29, 1.82) is 0 Å². The molecule has 82 valence electrons. The van der Waals surface area contributed by atoms with Crippen molar-refractivity contribution in [3.63, 3.8) is 0 Å². The van der Waals surface area contributed by atoms with E-state index in [1.807, 2.05) is 18.2 Å². The topological polar surface area (TPSA) is 29.5 Å². The maximum atomic E-state index is 9.39. The largest absolute Gasteiger partial charge is 0.368 e.